The normalized spacial score (nSPS) is 12.4. The summed E-state index contributed by atoms with van der Waals surface area (Å²) in [5.41, 5.74) is 3.72. The summed E-state index contributed by atoms with van der Waals surface area (Å²) in [5, 5.41) is 17.1. The number of Topliss-reactive ketones (excluding diaryl/α,β-unsaturated/α-hetero) is 1. The summed E-state index contributed by atoms with van der Waals surface area (Å²) in [6.45, 7) is 2.81. The summed E-state index contributed by atoms with van der Waals surface area (Å²) in [4.78, 5) is 32.6. The van der Waals surface area contributed by atoms with Crippen molar-refractivity contribution >= 4 is 147 Å². The van der Waals surface area contributed by atoms with Gasteiger partial charge in [-0.1, -0.05) is 55.5 Å². The van der Waals surface area contributed by atoms with Crippen LogP contribution in [0.2, 0.25) is 0 Å². The zero-order valence-electron chi connectivity index (χ0n) is 24.5. The number of aliphatic hydroxyl groups is 1. The van der Waals surface area contributed by atoms with Crippen molar-refractivity contribution < 1.29 is 29.3 Å². The summed E-state index contributed by atoms with van der Waals surface area (Å²) in [6.07, 6.45) is 1.16. The highest BCUT2D eigenvalue weighted by atomic mass is 33.4. The van der Waals surface area contributed by atoms with E-state index in [1.54, 1.807) is 24.3 Å². The number of aliphatic hydroxyl groups excluding tert-OH is 1. The first kappa shape index (κ1) is 47.9. The highest BCUT2D eigenvalue weighted by Crippen LogP contribution is 3.24. The Kier molecular flexibility index (Phi) is 30.0. The zero-order valence-corrected chi connectivity index (χ0v) is 41.2. The standard InChI is InChI=1S/C13H16O3.C9H10O3.H18P16/c1-3-10-4-6-11(7-5-10)8-12(14)9-13(15)16-2;10-6-8-3-1-7(2-4-8)5-9(11)12;1-10(2)14(9)16(13(7)8)15(11(3)4)12(5)6/h4-7H,3,8-9H2,1-2H3;1-4,10H,5-6H2,(H,11,12);1-9H2. The Balaban J connectivity index is 0.000000637. The van der Waals surface area contributed by atoms with E-state index in [2.05, 4.69) is 92.0 Å². The van der Waals surface area contributed by atoms with E-state index >= 15 is 0 Å². The molecule has 0 amide bonds. The van der Waals surface area contributed by atoms with Crippen molar-refractivity contribution in [1.82, 2.24) is 0 Å². The lowest BCUT2D eigenvalue weighted by molar-refractivity contribution is -0.143. The molecule has 0 spiro atoms. The molecule has 0 heterocycles. The zero-order chi connectivity index (χ0) is 34.0. The minimum absolute atomic E-state index is 0.00660. The maximum atomic E-state index is 11.4. The number of carbonyl (C=O) groups is 3. The molecule has 0 aliphatic heterocycles. The van der Waals surface area contributed by atoms with Crippen LogP contribution in [0.4, 0.5) is 0 Å². The van der Waals surface area contributed by atoms with Gasteiger partial charge in [-0.2, -0.15) is 0 Å². The number of carbonyl (C=O) groups excluding carboxylic acids is 2. The van der Waals surface area contributed by atoms with E-state index in [0.29, 0.717) is 6.42 Å². The van der Waals surface area contributed by atoms with Gasteiger partial charge in [-0.15, -0.1) is 80.4 Å². The fourth-order valence-corrected chi connectivity index (χ4v) is 167. The van der Waals surface area contributed by atoms with E-state index in [0.717, 1.165) is 23.1 Å². The first-order valence-electron chi connectivity index (χ1n) is 12.5. The number of carboxylic acid groups (broad SMARTS) is 1. The number of ether oxygens (including phenoxy) is 1. The predicted octanol–water partition coefficient (Wildman–Crippen LogP) is 11.7. The van der Waals surface area contributed by atoms with E-state index in [-0.39, 0.29) is 74.1 Å². The van der Waals surface area contributed by atoms with E-state index in [4.69, 9.17) is 10.2 Å². The molecule has 0 radical (unpaired) electrons. The fraction of sp³-hybridized carbons (Fsp3) is 0.318. The van der Waals surface area contributed by atoms with Crippen molar-refractivity contribution in [3.63, 3.8) is 0 Å². The number of rotatable bonds is 14. The van der Waals surface area contributed by atoms with Crippen LogP contribution in [0.1, 0.15) is 35.6 Å². The molecular formula is C22H44O6P16. The van der Waals surface area contributed by atoms with Gasteiger partial charge in [0.25, 0.3) is 0 Å². The van der Waals surface area contributed by atoms with E-state index in [1.165, 1.54) is 12.7 Å². The lowest BCUT2D eigenvalue weighted by atomic mass is 10.0. The van der Waals surface area contributed by atoms with E-state index < -0.39 is 11.9 Å². The van der Waals surface area contributed by atoms with E-state index in [1.807, 2.05) is 24.3 Å². The Hall–Kier alpha value is 3.89. The van der Waals surface area contributed by atoms with Crippen molar-refractivity contribution in [1.29, 1.82) is 0 Å². The minimum Gasteiger partial charge on any atom is -0.481 e. The number of hydrogen-bond donors (Lipinski definition) is 2. The number of aliphatic carboxylic acids is 1. The van der Waals surface area contributed by atoms with Gasteiger partial charge in [0, 0.05) is 6.42 Å². The molecule has 44 heavy (non-hydrogen) atoms. The molecule has 2 rings (SSSR count). The number of hydrogen-bond acceptors (Lipinski definition) is 5. The van der Waals surface area contributed by atoms with Crippen molar-refractivity contribution in [3.8, 4) is 0 Å². The maximum absolute atomic E-state index is 11.4. The predicted molar refractivity (Wildman–Crippen MR) is 241 cm³/mol. The van der Waals surface area contributed by atoms with Gasteiger partial charge < -0.3 is 14.9 Å². The van der Waals surface area contributed by atoms with Crippen LogP contribution in [-0.4, -0.2) is 35.0 Å². The number of carboxylic acids is 1. The Morgan fingerprint density at radius 2 is 1.07 bits per heavy atom. The van der Waals surface area contributed by atoms with Crippen LogP contribution in [-0.2, 0) is 45.0 Å². The fourth-order valence-electron chi connectivity index (χ4n) is 3.03. The number of methoxy groups -OCH3 is 1. The average Bonchev–Trinajstić information content (AvgIpc) is 2.95. The Labute approximate surface area is 291 Å². The molecule has 0 aliphatic rings. The van der Waals surface area contributed by atoms with Crippen molar-refractivity contribution in [2.45, 2.75) is 39.2 Å². The molecule has 0 bridgehead atoms. The van der Waals surface area contributed by atoms with Gasteiger partial charge in [0.05, 0.1) is 20.1 Å². The lowest BCUT2D eigenvalue weighted by Gasteiger charge is -2.40. The van der Waals surface area contributed by atoms with Crippen LogP contribution >= 0.6 is 129 Å². The van der Waals surface area contributed by atoms with Gasteiger partial charge in [-0.3, -0.25) is 14.4 Å². The van der Waals surface area contributed by atoms with Crippen LogP contribution in [0.5, 0.6) is 0 Å². The highest BCUT2D eigenvalue weighted by Gasteiger charge is 2.35. The summed E-state index contributed by atoms with van der Waals surface area (Å²) in [7, 11) is 29.1. The summed E-state index contributed by atoms with van der Waals surface area (Å²) in [5.74, 6) is -1.43. The van der Waals surface area contributed by atoms with Crippen molar-refractivity contribution in [3.05, 3.63) is 70.8 Å². The van der Waals surface area contributed by atoms with Gasteiger partial charge in [-0.05, 0) is 77.6 Å². The van der Waals surface area contributed by atoms with Crippen molar-refractivity contribution in [2.75, 3.05) is 7.11 Å². The Bertz CT molecular complexity index is 1110. The third-order valence-corrected chi connectivity index (χ3v) is 101. The number of benzene rings is 2. The molecule has 6 nitrogen and oxygen atoms in total. The number of ketones is 1. The topological polar surface area (TPSA) is 101 Å². The first-order chi connectivity index (χ1) is 20.6. The smallest absolute Gasteiger partial charge is 0.313 e. The minimum atomic E-state index is -0.841. The molecular weight excluding hydrogens is 856 g/mol. The van der Waals surface area contributed by atoms with Gasteiger partial charge in [0.15, 0.2) is 0 Å². The van der Waals surface area contributed by atoms with Gasteiger partial charge in [0.2, 0.25) is 0 Å². The molecule has 0 saturated heterocycles. The Morgan fingerprint density at radius 1 is 0.659 bits per heavy atom. The molecule has 0 saturated carbocycles. The monoisotopic (exact) mass is 900 g/mol. The molecule has 11 unspecified atom stereocenters. The summed E-state index contributed by atoms with van der Waals surface area (Å²) in [6, 6.07) is 14.7. The highest BCUT2D eigenvalue weighted by molar-refractivity contribution is 9.30. The Morgan fingerprint density at radius 3 is 1.41 bits per heavy atom. The third kappa shape index (κ3) is 21.3. The van der Waals surface area contributed by atoms with Crippen molar-refractivity contribution in [2.24, 2.45) is 0 Å². The van der Waals surface area contributed by atoms with Crippen LogP contribution in [0.15, 0.2) is 48.5 Å². The largest absolute Gasteiger partial charge is 0.481 e. The first-order valence-corrected chi connectivity index (χ1v) is 40.7. The van der Waals surface area contributed by atoms with Crippen LogP contribution in [0, 0.1) is 0 Å². The second kappa shape index (κ2) is 27.5. The molecule has 11 atom stereocenters. The van der Waals surface area contributed by atoms with Crippen LogP contribution < -0.4 is 0 Å². The van der Waals surface area contributed by atoms with Crippen LogP contribution in [0.3, 0.4) is 0 Å². The number of esters is 1. The molecule has 2 N–H and O–H groups in total. The SMILES string of the molecule is CCc1ccc(CC(=O)CC(=O)OC)cc1.O=C(O)Cc1ccc(CO)cc1.PP(P)P(P)P(P(P)P)P(P(P)P)P(P)P. The molecule has 0 aliphatic carbocycles. The molecule has 2 aromatic carbocycles. The van der Waals surface area contributed by atoms with Gasteiger partial charge in [-0.25, -0.2) is 0 Å². The molecule has 2 aromatic rings. The average molecular weight is 900 g/mol. The third-order valence-electron chi connectivity index (χ3n) is 5.16. The molecule has 0 fully saturated rings. The number of aryl methyl sites for hydroxylation is 1. The second-order valence-corrected chi connectivity index (χ2v) is 70.4. The molecule has 248 valence electrons. The van der Waals surface area contributed by atoms with E-state index in [9.17, 15) is 14.4 Å². The maximum Gasteiger partial charge on any atom is 0.313 e. The molecule has 0 aromatic heterocycles. The van der Waals surface area contributed by atoms with Gasteiger partial charge >= 0.3 is 11.9 Å². The molecule has 22 heteroatoms. The summed E-state index contributed by atoms with van der Waals surface area (Å²) < 4.78 is 4.44. The summed E-state index contributed by atoms with van der Waals surface area (Å²) >= 11 is 0. The lowest BCUT2D eigenvalue weighted by Crippen LogP contribution is -2.11. The quantitative estimate of drug-likeness (QED) is 0.111. The second-order valence-electron chi connectivity index (χ2n) is 8.56. The van der Waals surface area contributed by atoms with Gasteiger partial charge in [0.1, 0.15) is 12.2 Å². The van der Waals surface area contributed by atoms with Crippen LogP contribution in [0.25, 0.3) is 0 Å².